The third-order valence-electron chi connectivity index (χ3n) is 3.02. The van der Waals surface area contributed by atoms with E-state index in [0.29, 0.717) is 6.54 Å². The first-order valence-corrected chi connectivity index (χ1v) is 6.18. The summed E-state index contributed by atoms with van der Waals surface area (Å²) in [6, 6.07) is 14.2. The van der Waals surface area contributed by atoms with Gasteiger partial charge in [-0.3, -0.25) is 4.79 Å². The zero-order valence-corrected chi connectivity index (χ0v) is 10.8. The van der Waals surface area contributed by atoms with Crippen LogP contribution in [0.4, 0.5) is 5.69 Å². The molecule has 2 rings (SSSR count). The van der Waals surface area contributed by atoms with Gasteiger partial charge in [0.05, 0.1) is 6.54 Å². The summed E-state index contributed by atoms with van der Waals surface area (Å²) in [5.74, 6) is 0.0760. The lowest BCUT2D eigenvalue weighted by atomic mass is 10.1. The first kappa shape index (κ1) is 12.6. The van der Waals surface area contributed by atoms with Crippen molar-refractivity contribution in [3.8, 4) is 0 Å². The quantitative estimate of drug-likeness (QED) is 0.893. The Hall–Kier alpha value is -1.87. The predicted molar refractivity (Wildman–Crippen MR) is 75.9 cm³/mol. The number of carbonyl (C=O) groups is 1. The van der Waals surface area contributed by atoms with Gasteiger partial charge in [-0.2, -0.15) is 0 Å². The minimum absolute atomic E-state index is 0.0760. The number of fused-ring (bicyclic) bond motifs is 1. The fraction of sp³-hybridized carbons (Fsp3) is 0.267. The highest BCUT2D eigenvalue weighted by Crippen LogP contribution is 2.21. The van der Waals surface area contributed by atoms with Gasteiger partial charge in [-0.25, -0.2) is 0 Å². The van der Waals surface area contributed by atoms with Gasteiger partial charge >= 0.3 is 0 Å². The molecule has 0 aromatic heterocycles. The van der Waals surface area contributed by atoms with Crippen LogP contribution in [0, 0.1) is 0 Å². The van der Waals surface area contributed by atoms with Crippen molar-refractivity contribution in [3.05, 3.63) is 42.5 Å². The molecule has 0 fully saturated rings. The largest absolute Gasteiger partial charge is 0.314 e. The molecule has 0 radical (unpaired) electrons. The summed E-state index contributed by atoms with van der Waals surface area (Å²) < 4.78 is 0. The van der Waals surface area contributed by atoms with Crippen LogP contribution in [0.1, 0.15) is 6.92 Å². The number of hydrogen-bond donors (Lipinski definition) is 1. The van der Waals surface area contributed by atoms with Gasteiger partial charge in [-0.15, -0.1) is 0 Å². The van der Waals surface area contributed by atoms with Crippen LogP contribution in [-0.4, -0.2) is 26.0 Å². The molecule has 94 valence electrons. The van der Waals surface area contributed by atoms with Crippen molar-refractivity contribution in [1.82, 2.24) is 5.32 Å². The first-order chi connectivity index (χ1) is 8.72. The zero-order chi connectivity index (χ0) is 13.0. The van der Waals surface area contributed by atoms with Crippen LogP contribution in [0.5, 0.6) is 0 Å². The Labute approximate surface area is 107 Å². The molecule has 2 aromatic carbocycles. The summed E-state index contributed by atoms with van der Waals surface area (Å²) in [6.07, 6.45) is 0. The number of nitrogens with zero attached hydrogens (tertiary/aromatic N) is 1. The fourth-order valence-electron chi connectivity index (χ4n) is 1.88. The van der Waals surface area contributed by atoms with Crippen LogP contribution in [-0.2, 0) is 4.79 Å². The third kappa shape index (κ3) is 2.68. The van der Waals surface area contributed by atoms with E-state index < -0.39 is 0 Å². The lowest BCUT2D eigenvalue weighted by molar-refractivity contribution is -0.117. The lowest BCUT2D eigenvalue weighted by Crippen LogP contribution is -2.35. The van der Waals surface area contributed by atoms with Gasteiger partial charge in [0.25, 0.3) is 0 Å². The average molecular weight is 242 g/mol. The second-order valence-corrected chi connectivity index (χ2v) is 4.26. The number of carbonyl (C=O) groups excluding carboxylic acids is 1. The number of anilines is 1. The molecule has 0 aliphatic heterocycles. The van der Waals surface area contributed by atoms with Crippen molar-refractivity contribution < 1.29 is 4.79 Å². The minimum Gasteiger partial charge on any atom is -0.314 e. The van der Waals surface area contributed by atoms with E-state index in [1.807, 2.05) is 44.3 Å². The molecular formula is C15H18N2O. The highest BCUT2D eigenvalue weighted by atomic mass is 16.2. The molecule has 0 heterocycles. The van der Waals surface area contributed by atoms with Crippen molar-refractivity contribution >= 4 is 22.4 Å². The topological polar surface area (TPSA) is 32.3 Å². The van der Waals surface area contributed by atoms with E-state index in [1.54, 1.807) is 4.90 Å². The normalized spacial score (nSPS) is 10.6. The van der Waals surface area contributed by atoms with Crippen molar-refractivity contribution in [1.29, 1.82) is 0 Å². The van der Waals surface area contributed by atoms with E-state index in [-0.39, 0.29) is 5.91 Å². The Morgan fingerprint density at radius 2 is 1.89 bits per heavy atom. The summed E-state index contributed by atoms with van der Waals surface area (Å²) in [4.78, 5) is 13.6. The van der Waals surface area contributed by atoms with Crippen LogP contribution in [0.2, 0.25) is 0 Å². The Morgan fingerprint density at radius 1 is 1.17 bits per heavy atom. The first-order valence-electron chi connectivity index (χ1n) is 6.18. The van der Waals surface area contributed by atoms with Crippen molar-refractivity contribution in [2.24, 2.45) is 0 Å². The summed E-state index contributed by atoms with van der Waals surface area (Å²) in [5, 5.41) is 5.38. The van der Waals surface area contributed by atoms with E-state index >= 15 is 0 Å². The maximum atomic E-state index is 11.9. The second-order valence-electron chi connectivity index (χ2n) is 4.26. The molecular weight excluding hydrogens is 224 g/mol. The number of likely N-dealkylation sites (N-methyl/N-ethyl adjacent to an activating group) is 2. The van der Waals surface area contributed by atoms with Crippen molar-refractivity contribution in [3.63, 3.8) is 0 Å². The minimum atomic E-state index is 0.0760. The number of benzene rings is 2. The van der Waals surface area contributed by atoms with Crippen LogP contribution in [0.25, 0.3) is 10.8 Å². The van der Waals surface area contributed by atoms with Crippen LogP contribution < -0.4 is 10.2 Å². The Morgan fingerprint density at radius 3 is 2.61 bits per heavy atom. The van der Waals surface area contributed by atoms with E-state index in [4.69, 9.17) is 0 Å². The molecule has 0 saturated heterocycles. The van der Waals surface area contributed by atoms with Gasteiger partial charge in [0.1, 0.15) is 0 Å². The average Bonchev–Trinajstić information content (AvgIpc) is 2.43. The highest BCUT2D eigenvalue weighted by molar-refractivity contribution is 5.97. The van der Waals surface area contributed by atoms with Crippen LogP contribution in [0.3, 0.4) is 0 Å². The van der Waals surface area contributed by atoms with Crippen LogP contribution in [0.15, 0.2) is 42.5 Å². The smallest absolute Gasteiger partial charge is 0.240 e. The third-order valence-corrected chi connectivity index (χ3v) is 3.02. The lowest BCUT2D eigenvalue weighted by Gasteiger charge is -2.18. The standard InChI is InChI=1S/C15H18N2O/c1-3-16-11-15(18)17(2)14-9-8-12-6-4-5-7-13(12)10-14/h4-10,16H,3,11H2,1-2H3. The SMILES string of the molecule is CCNCC(=O)N(C)c1ccc2ccccc2c1. The van der Waals surface area contributed by atoms with E-state index in [9.17, 15) is 4.79 Å². The number of nitrogens with one attached hydrogen (secondary N) is 1. The maximum Gasteiger partial charge on any atom is 0.240 e. The summed E-state index contributed by atoms with van der Waals surface area (Å²) in [6.45, 7) is 3.17. The number of rotatable bonds is 4. The summed E-state index contributed by atoms with van der Waals surface area (Å²) >= 11 is 0. The monoisotopic (exact) mass is 242 g/mol. The highest BCUT2D eigenvalue weighted by Gasteiger charge is 2.10. The van der Waals surface area contributed by atoms with Gasteiger partial charge in [0, 0.05) is 12.7 Å². The van der Waals surface area contributed by atoms with Gasteiger partial charge in [-0.05, 0) is 29.4 Å². The van der Waals surface area contributed by atoms with E-state index in [2.05, 4.69) is 17.4 Å². The Kier molecular flexibility index (Phi) is 3.95. The van der Waals surface area contributed by atoms with Gasteiger partial charge < -0.3 is 10.2 Å². The molecule has 3 nitrogen and oxygen atoms in total. The molecule has 1 amide bonds. The van der Waals surface area contributed by atoms with Crippen molar-refractivity contribution in [2.75, 3.05) is 25.0 Å². The summed E-state index contributed by atoms with van der Waals surface area (Å²) in [5.41, 5.74) is 0.927. The molecule has 0 spiro atoms. The van der Waals surface area contributed by atoms with Crippen LogP contribution >= 0.6 is 0 Å². The molecule has 0 aliphatic carbocycles. The second kappa shape index (κ2) is 5.65. The van der Waals surface area contributed by atoms with Gasteiger partial charge in [0.2, 0.25) is 5.91 Å². The Bertz CT molecular complexity index is 551. The van der Waals surface area contributed by atoms with E-state index in [0.717, 1.165) is 17.6 Å². The molecule has 0 saturated carbocycles. The number of hydrogen-bond acceptors (Lipinski definition) is 2. The predicted octanol–water partition coefficient (Wildman–Crippen LogP) is 2.41. The fourth-order valence-corrected chi connectivity index (χ4v) is 1.88. The maximum absolute atomic E-state index is 11.9. The Balaban J connectivity index is 2.22. The van der Waals surface area contributed by atoms with Crippen molar-refractivity contribution in [2.45, 2.75) is 6.92 Å². The number of amides is 1. The zero-order valence-electron chi connectivity index (χ0n) is 10.8. The molecule has 0 unspecified atom stereocenters. The van der Waals surface area contributed by atoms with Gasteiger partial charge in [-0.1, -0.05) is 37.3 Å². The van der Waals surface area contributed by atoms with Gasteiger partial charge in [0.15, 0.2) is 0 Å². The molecule has 18 heavy (non-hydrogen) atoms. The molecule has 1 N–H and O–H groups in total. The molecule has 0 bridgehead atoms. The summed E-state index contributed by atoms with van der Waals surface area (Å²) in [7, 11) is 1.81. The molecule has 2 aromatic rings. The molecule has 3 heteroatoms. The molecule has 0 aliphatic rings. The molecule has 0 atom stereocenters. The van der Waals surface area contributed by atoms with E-state index in [1.165, 1.54) is 5.39 Å².